The molecule has 0 aromatic heterocycles. The fourth-order valence-electron chi connectivity index (χ4n) is 9.31. The SMILES string of the molecule is CC(C)CC1(CC(C)C)Cc2cccc3ccc(C4=C(O)C(=c5ccc6cccc7c6c5=NC(CC(C)C)(CC(C)C)N7)C4=O)c(c23)N1. The summed E-state index contributed by atoms with van der Waals surface area (Å²) in [5, 5.41) is 25.8. The molecular weight excluding hydrogens is 590 g/mol. The normalized spacial score (nSPS) is 18.9. The Hall–Kier alpha value is -4.12. The summed E-state index contributed by atoms with van der Waals surface area (Å²) in [7, 11) is 0. The topological polar surface area (TPSA) is 73.7 Å². The van der Waals surface area contributed by atoms with Gasteiger partial charge in [0.25, 0.3) is 0 Å². The van der Waals surface area contributed by atoms with Gasteiger partial charge in [-0.05, 0) is 78.2 Å². The third kappa shape index (κ3) is 5.40. The Labute approximate surface area is 285 Å². The molecule has 4 aromatic carbocycles. The highest BCUT2D eigenvalue weighted by atomic mass is 16.3. The van der Waals surface area contributed by atoms with Gasteiger partial charge in [-0.25, -0.2) is 0 Å². The van der Waals surface area contributed by atoms with E-state index in [9.17, 15) is 9.90 Å². The smallest absolute Gasteiger partial charge is 0.201 e. The van der Waals surface area contributed by atoms with E-state index in [1.807, 2.05) is 12.1 Å². The second-order valence-electron chi connectivity index (χ2n) is 16.5. The van der Waals surface area contributed by atoms with Gasteiger partial charge in [-0.15, -0.1) is 0 Å². The molecule has 2 heterocycles. The van der Waals surface area contributed by atoms with Gasteiger partial charge in [0.05, 0.1) is 22.2 Å². The second kappa shape index (κ2) is 11.8. The summed E-state index contributed by atoms with van der Waals surface area (Å²) in [6.07, 6.45) is 4.74. The van der Waals surface area contributed by atoms with Crippen molar-refractivity contribution < 1.29 is 9.90 Å². The molecule has 4 aromatic rings. The minimum Gasteiger partial charge on any atom is -0.506 e. The lowest BCUT2D eigenvalue weighted by Crippen LogP contribution is -2.47. The van der Waals surface area contributed by atoms with Crippen LogP contribution in [0.15, 0.2) is 71.4 Å². The number of Topliss-reactive ketones (excluding diaryl/α,β-unsaturated/α-hetero) is 1. The Bertz CT molecular complexity index is 2100. The summed E-state index contributed by atoms with van der Waals surface area (Å²) in [6, 6.07) is 21.0. The third-order valence-electron chi connectivity index (χ3n) is 10.3. The molecular formula is C43H51N3O2. The van der Waals surface area contributed by atoms with Crippen molar-refractivity contribution in [1.29, 1.82) is 0 Å². The van der Waals surface area contributed by atoms with Crippen LogP contribution >= 0.6 is 0 Å². The monoisotopic (exact) mass is 641 g/mol. The van der Waals surface area contributed by atoms with E-state index in [2.05, 4.69) is 115 Å². The number of anilines is 2. The minimum absolute atomic E-state index is 0.0684. The van der Waals surface area contributed by atoms with Crippen LogP contribution in [0.1, 0.15) is 92.2 Å². The molecule has 0 atom stereocenters. The summed E-state index contributed by atoms with van der Waals surface area (Å²) in [6.45, 7) is 18.1. The van der Waals surface area contributed by atoms with Crippen LogP contribution in [0.2, 0.25) is 0 Å². The summed E-state index contributed by atoms with van der Waals surface area (Å²) in [5.74, 6) is 1.81. The summed E-state index contributed by atoms with van der Waals surface area (Å²) >= 11 is 0. The van der Waals surface area contributed by atoms with Gasteiger partial charge in [0, 0.05) is 32.8 Å². The maximum atomic E-state index is 14.5. The first-order valence-corrected chi connectivity index (χ1v) is 18.1. The van der Waals surface area contributed by atoms with Gasteiger partial charge in [0.2, 0.25) is 5.78 Å². The van der Waals surface area contributed by atoms with Crippen molar-refractivity contribution in [3.8, 4) is 0 Å². The molecule has 3 N–H and O–H groups in total. The van der Waals surface area contributed by atoms with Gasteiger partial charge in [0.15, 0.2) is 0 Å². The van der Waals surface area contributed by atoms with Crippen molar-refractivity contribution in [2.24, 2.45) is 28.7 Å². The van der Waals surface area contributed by atoms with Gasteiger partial charge >= 0.3 is 0 Å². The van der Waals surface area contributed by atoms with Crippen molar-refractivity contribution in [3.05, 3.63) is 88.1 Å². The Morgan fingerprint density at radius 3 is 1.94 bits per heavy atom. The number of carbonyl (C=O) groups is 1. The molecule has 0 fully saturated rings. The van der Waals surface area contributed by atoms with E-state index in [-0.39, 0.29) is 17.1 Å². The second-order valence-corrected chi connectivity index (χ2v) is 16.5. The lowest BCUT2D eigenvalue weighted by atomic mass is 9.72. The fourth-order valence-corrected chi connectivity index (χ4v) is 9.31. The number of ketones is 1. The van der Waals surface area contributed by atoms with Crippen LogP contribution < -0.4 is 21.2 Å². The highest BCUT2D eigenvalue weighted by Gasteiger charge is 2.42. The average Bonchev–Trinajstić information content (AvgIpc) is 2.98. The number of aliphatic hydroxyl groups excluding tert-OH is 1. The molecule has 0 bridgehead atoms. The maximum absolute atomic E-state index is 14.5. The van der Waals surface area contributed by atoms with Crippen molar-refractivity contribution >= 4 is 49.8 Å². The fraction of sp³-hybridized carbons (Fsp3) is 0.442. The zero-order chi connectivity index (χ0) is 34.1. The number of hydrogen-bond acceptors (Lipinski definition) is 5. The maximum Gasteiger partial charge on any atom is 0.201 e. The first-order valence-electron chi connectivity index (χ1n) is 18.1. The number of allylic oxidation sites excluding steroid dienone is 2. The van der Waals surface area contributed by atoms with Crippen molar-refractivity contribution in [2.45, 2.75) is 98.7 Å². The van der Waals surface area contributed by atoms with E-state index in [0.29, 0.717) is 34.8 Å². The van der Waals surface area contributed by atoms with Crippen LogP contribution in [0.5, 0.6) is 0 Å². The summed E-state index contributed by atoms with van der Waals surface area (Å²) < 4.78 is 0. The van der Waals surface area contributed by atoms with E-state index >= 15 is 0 Å². The van der Waals surface area contributed by atoms with Crippen LogP contribution in [0.3, 0.4) is 0 Å². The first kappa shape index (κ1) is 32.4. The van der Waals surface area contributed by atoms with Gasteiger partial charge in [0.1, 0.15) is 11.4 Å². The van der Waals surface area contributed by atoms with Crippen molar-refractivity contribution in [2.75, 3.05) is 10.6 Å². The predicted octanol–water partition coefficient (Wildman–Crippen LogP) is 9.33. The Kier molecular flexibility index (Phi) is 7.96. The number of nitrogens with zero attached hydrogens (tertiary/aromatic N) is 1. The largest absolute Gasteiger partial charge is 0.506 e. The van der Waals surface area contributed by atoms with Gasteiger partial charge in [-0.3, -0.25) is 9.79 Å². The van der Waals surface area contributed by atoms with E-state index in [0.717, 1.165) is 75.8 Å². The molecule has 2 aliphatic heterocycles. The summed E-state index contributed by atoms with van der Waals surface area (Å²) in [4.78, 5) is 20.0. The molecule has 0 spiro atoms. The van der Waals surface area contributed by atoms with E-state index in [1.54, 1.807) is 0 Å². The van der Waals surface area contributed by atoms with E-state index in [1.165, 1.54) is 10.9 Å². The molecule has 250 valence electrons. The van der Waals surface area contributed by atoms with Crippen LogP contribution in [0.25, 0.3) is 32.7 Å². The molecule has 0 saturated carbocycles. The third-order valence-corrected chi connectivity index (χ3v) is 10.3. The van der Waals surface area contributed by atoms with Gasteiger partial charge in [-0.1, -0.05) is 110 Å². The quantitative estimate of drug-likeness (QED) is 0.170. The number of benzene rings is 4. The highest BCUT2D eigenvalue weighted by Crippen LogP contribution is 2.48. The number of hydrogen-bond donors (Lipinski definition) is 3. The van der Waals surface area contributed by atoms with Crippen molar-refractivity contribution in [3.63, 3.8) is 0 Å². The van der Waals surface area contributed by atoms with Crippen LogP contribution in [-0.4, -0.2) is 22.1 Å². The number of aliphatic hydroxyl groups is 1. The number of rotatable bonds is 9. The van der Waals surface area contributed by atoms with Crippen LogP contribution in [0, 0.1) is 23.7 Å². The Morgan fingerprint density at radius 2 is 1.31 bits per heavy atom. The zero-order valence-electron chi connectivity index (χ0n) is 29.9. The summed E-state index contributed by atoms with van der Waals surface area (Å²) in [5.41, 5.74) is 4.28. The molecule has 7 rings (SSSR count). The molecule has 3 aliphatic rings. The van der Waals surface area contributed by atoms with Crippen LogP contribution in [-0.2, 0) is 11.2 Å². The van der Waals surface area contributed by atoms with E-state index in [4.69, 9.17) is 4.99 Å². The lowest BCUT2D eigenvalue weighted by Gasteiger charge is -2.43. The molecule has 0 amide bonds. The lowest BCUT2D eigenvalue weighted by molar-refractivity contribution is -0.109. The van der Waals surface area contributed by atoms with Crippen molar-refractivity contribution in [1.82, 2.24) is 0 Å². The number of nitrogens with one attached hydrogen (secondary N) is 2. The van der Waals surface area contributed by atoms with Gasteiger partial charge in [-0.2, -0.15) is 0 Å². The Balaban J connectivity index is 1.46. The first-order chi connectivity index (χ1) is 22.8. The van der Waals surface area contributed by atoms with Crippen LogP contribution in [0.4, 0.5) is 11.4 Å². The molecule has 48 heavy (non-hydrogen) atoms. The molecule has 5 nitrogen and oxygen atoms in total. The van der Waals surface area contributed by atoms with E-state index < -0.39 is 5.66 Å². The zero-order valence-corrected chi connectivity index (χ0v) is 29.9. The number of carbonyl (C=O) groups excluding carboxylic acids is 1. The molecule has 0 saturated heterocycles. The highest BCUT2D eigenvalue weighted by molar-refractivity contribution is 6.52. The molecule has 0 radical (unpaired) electrons. The minimum atomic E-state index is -0.492. The molecule has 0 unspecified atom stereocenters. The predicted molar refractivity (Wildman–Crippen MR) is 201 cm³/mol. The Morgan fingerprint density at radius 1 is 0.708 bits per heavy atom. The molecule has 1 aliphatic carbocycles. The molecule has 5 heteroatoms. The van der Waals surface area contributed by atoms with Gasteiger partial charge < -0.3 is 15.7 Å². The standard InChI is InChI=1S/C43H51N3O2/c1-24(2)19-42(20-25(3)4)23-30-13-9-11-28-15-17-31(38(45-42)34(28)30)36-40(47)37(41(36)48)32-18-16-29-12-10-14-33-35(29)39(32)46-43(44-33,21-26(5)6)22-27(7)8/h9-18,24-27,44-45,47H,19-23H2,1-8H3. The average molecular weight is 642 g/mol.